The fourth-order valence-corrected chi connectivity index (χ4v) is 2.05. The van der Waals surface area contributed by atoms with Gasteiger partial charge in [0.1, 0.15) is 6.07 Å². The fourth-order valence-electron chi connectivity index (χ4n) is 1.85. The van der Waals surface area contributed by atoms with Crippen molar-refractivity contribution in [3.8, 4) is 6.07 Å². The summed E-state index contributed by atoms with van der Waals surface area (Å²) in [5.41, 5.74) is 8.57. The van der Waals surface area contributed by atoms with Crippen molar-refractivity contribution >= 4 is 11.6 Å². The lowest BCUT2D eigenvalue weighted by molar-refractivity contribution is 0.712. The Morgan fingerprint density at radius 1 is 1.54 bits per heavy atom. The number of nitriles is 1. The van der Waals surface area contributed by atoms with Crippen LogP contribution < -0.4 is 5.73 Å². The van der Waals surface area contributed by atoms with Gasteiger partial charge < -0.3 is 5.73 Å². The van der Waals surface area contributed by atoms with Crippen LogP contribution in [-0.4, -0.2) is 0 Å². The summed E-state index contributed by atoms with van der Waals surface area (Å²) < 4.78 is 0. The average molecular weight is 193 g/mol. The summed E-state index contributed by atoms with van der Waals surface area (Å²) in [6.45, 7) is 0. The molecular formula is C10H9ClN2. The van der Waals surface area contributed by atoms with Gasteiger partial charge in [0.2, 0.25) is 0 Å². The van der Waals surface area contributed by atoms with E-state index in [9.17, 15) is 0 Å². The molecule has 3 heteroatoms. The molecule has 0 fully saturated rings. The molecule has 2 N–H and O–H groups in total. The van der Waals surface area contributed by atoms with Crippen molar-refractivity contribution in [2.75, 3.05) is 0 Å². The van der Waals surface area contributed by atoms with Crippen LogP contribution in [0.15, 0.2) is 12.1 Å². The van der Waals surface area contributed by atoms with Crippen molar-refractivity contribution < 1.29 is 0 Å². The maximum Gasteiger partial charge on any atom is 0.101 e. The molecule has 2 rings (SSSR count). The molecule has 0 bridgehead atoms. The summed E-state index contributed by atoms with van der Waals surface area (Å²) in [5.74, 6) is 0. The van der Waals surface area contributed by atoms with Gasteiger partial charge in [0.25, 0.3) is 0 Å². The summed E-state index contributed by atoms with van der Waals surface area (Å²) >= 11 is 5.90. The Balaban J connectivity index is 2.69. The summed E-state index contributed by atoms with van der Waals surface area (Å²) in [6, 6.07) is 5.84. The highest BCUT2D eigenvalue weighted by Crippen LogP contribution is 2.34. The summed E-state index contributed by atoms with van der Waals surface area (Å²) in [7, 11) is 0. The van der Waals surface area contributed by atoms with E-state index in [0.29, 0.717) is 10.6 Å². The van der Waals surface area contributed by atoms with E-state index in [4.69, 9.17) is 22.6 Å². The molecule has 0 radical (unpaired) electrons. The lowest BCUT2D eigenvalue weighted by Gasteiger charge is -2.07. The minimum Gasteiger partial charge on any atom is -0.324 e. The highest BCUT2D eigenvalue weighted by molar-refractivity contribution is 6.31. The zero-order valence-corrected chi connectivity index (χ0v) is 7.80. The first-order chi connectivity index (χ1) is 6.24. The van der Waals surface area contributed by atoms with Crippen molar-refractivity contribution in [1.82, 2.24) is 0 Å². The quantitative estimate of drug-likeness (QED) is 0.685. The Kier molecular flexibility index (Phi) is 1.99. The molecule has 2 nitrogen and oxygen atoms in total. The number of nitrogens with zero attached hydrogens (tertiary/aromatic N) is 1. The maximum absolute atomic E-state index is 8.91. The zero-order valence-electron chi connectivity index (χ0n) is 7.05. The first-order valence-corrected chi connectivity index (χ1v) is 4.59. The number of hydrogen-bond donors (Lipinski definition) is 1. The van der Waals surface area contributed by atoms with Gasteiger partial charge in [-0.15, -0.1) is 0 Å². The zero-order chi connectivity index (χ0) is 9.42. The molecule has 0 aromatic heterocycles. The van der Waals surface area contributed by atoms with Gasteiger partial charge in [0, 0.05) is 6.04 Å². The maximum atomic E-state index is 8.91. The largest absolute Gasteiger partial charge is 0.324 e. The third kappa shape index (κ3) is 1.21. The third-order valence-electron chi connectivity index (χ3n) is 2.49. The lowest BCUT2D eigenvalue weighted by atomic mass is 10.0. The third-order valence-corrected chi connectivity index (χ3v) is 2.81. The van der Waals surface area contributed by atoms with Crippen molar-refractivity contribution in [2.24, 2.45) is 5.73 Å². The molecule has 1 aliphatic rings. The van der Waals surface area contributed by atoms with E-state index in [-0.39, 0.29) is 6.04 Å². The van der Waals surface area contributed by atoms with Gasteiger partial charge in [-0.05, 0) is 30.0 Å². The normalized spacial score (nSPS) is 19.6. The Bertz CT molecular complexity index is 393. The number of halogens is 1. The first-order valence-electron chi connectivity index (χ1n) is 4.21. The second-order valence-electron chi connectivity index (χ2n) is 3.25. The van der Waals surface area contributed by atoms with Crippen molar-refractivity contribution in [3.05, 3.63) is 33.8 Å². The Morgan fingerprint density at radius 2 is 2.31 bits per heavy atom. The number of rotatable bonds is 0. The predicted molar refractivity (Wildman–Crippen MR) is 51.4 cm³/mol. The second kappa shape index (κ2) is 3.02. The molecule has 0 amide bonds. The number of nitrogens with two attached hydrogens (primary N) is 1. The first kappa shape index (κ1) is 8.55. The van der Waals surface area contributed by atoms with E-state index >= 15 is 0 Å². The molecule has 1 unspecified atom stereocenters. The van der Waals surface area contributed by atoms with Crippen LogP contribution in [0.25, 0.3) is 0 Å². The molecular weight excluding hydrogens is 184 g/mol. The number of hydrogen-bond acceptors (Lipinski definition) is 2. The van der Waals surface area contributed by atoms with E-state index in [1.165, 1.54) is 5.56 Å². The fraction of sp³-hybridized carbons (Fsp3) is 0.300. The van der Waals surface area contributed by atoms with Gasteiger partial charge in [0.15, 0.2) is 0 Å². The molecule has 0 spiro atoms. The van der Waals surface area contributed by atoms with Gasteiger partial charge in [-0.3, -0.25) is 0 Å². The lowest BCUT2D eigenvalue weighted by Crippen LogP contribution is -2.07. The topological polar surface area (TPSA) is 49.8 Å². The molecule has 66 valence electrons. The van der Waals surface area contributed by atoms with Gasteiger partial charge in [-0.1, -0.05) is 17.7 Å². The van der Waals surface area contributed by atoms with Crippen LogP contribution in [0.4, 0.5) is 0 Å². The number of fused-ring (bicyclic) bond motifs is 1. The van der Waals surface area contributed by atoms with E-state index in [0.717, 1.165) is 18.4 Å². The molecule has 1 atom stereocenters. The standard InChI is InChI=1S/C10H9ClN2/c11-8-3-1-6-2-4-9(13)10(6)7(8)5-12/h1,3,9H,2,4,13H2. The summed E-state index contributed by atoms with van der Waals surface area (Å²) in [4.78, 5) is 0. The molecule has 1 aliphatic carbocycles. The van der Waals surface area contributed by atoms with Crippen LogP contribution in [0.1, 0.15) is 29.2 Å². The van der Waals surface area contributed by atoms with Crippen LogP contribution in [0.3, 0.4) is 0 Å². The summed E-state index contributed by atoms with van der Waals surface area (Å²) in [6.07, 6.45) is 1.88. The van der Waals surface area contributed by atoms with Crippen LogP contribution in [0.2, 0.25) is 5.02 Å². The van der Waals surface area contributed by atoms with Gasteiger partial charge >= 0.3 is 0 Å². The molecule has 1 aromatic rings. The predicted octanol–water partition coefficient (Wildman–Crippen LogP) is 2.16. The number of benzene rings is 1. The second-order valence-corrected chi connectivity index (χ2v) is 3.66. The van der Waals surface area contributed by atoms with Crippen LogP contribution in [0, 0.1) is 11.3 Å². The minimum absolute atomic E-state index is 0.0108. The Morgan fingerprint density at radius 3 is 3.00 bits per heavy atom. The van der Waals surface area contributed by atoms with Crippen LogP contribution in [0.5, 0.6) is 0 Å². The molecule has 0 saturated carbocycles. The highest BCUT2D eigenvalue weighted by Gasteiger charge is 2.23. The Labute approximate surface area is 81.9 Å². The van der Waals surface area contributed by atoms with E-state index in [2.05, 4.69) is 6.07 Å². The molecule has 13 heavy (non-hydrogen) atoms. The van der Waals surface area contributed by atoms with Crippen LogP contribution in [-0.2, 0) is 6.42 Å². The Hall–Kier alpha value is -1.04. The van der Waals surface area contributed by atoms with E-state index in [1.54, 1.807) is 6.07 Å². The molecule has 0 heterocycles. The molecule has 0 saturated heterocycles. The summed E-state index contributed by atoms with van der Waals surface area (Å²) in [5, 5.41) is 9.42. The van der Waals surface area contributed by atoms with E-state index < -0.39 is 0 Å². The number of aryl methyl sites for hydroxylation is 1. The van der Waals surface area contributed by atoms with Gasteiger partial charge in [-0.25, -0.2) is 0 Å². The van der Waals surface area contributed by atoms with Crippen LogP contribution >= 0.6 is 11.6 Å². The van der Waals surface area contributed by atoms with Crippen molar-refractivity contribution in [1.29, 1.82) is 5.26 Å². The molecule has 1 aromatic carbocycles. The highest BCUT2D eigenvalue weighted by atomic mass is 35.5. The van der Waals surface area contributed by atoms with Crippen molar-refractivity contribution in [2.45, 2.75) is 18.9 Å². The average Bonchev–Trinajstić information content (AvgIpc) is 2.49. The molecule has 0 aliphatic heterocycles. The SMILES string of the molecule is N#Cc1c(Cl)ccc2c1C(N)CC2. The van der Waals surface area contributed by atoms with E-state index in [1.807, 2.05) is 6.07 Å². The van der Waals surface area contributed by atoms with Crippen molar-refractivity contribution in [3.63, 3.8) is 0 Å². The van der Waals surface area contributed by atoms with Gasteiger partial charge in [-0.2, -0.15) is 5.26 Å². The smallest absolute Gasteiger partial charge is 0.101 e. The monoisotopic (exact) mass is 192 g/mol. The minimum atomic E-state index is -0.0108. The van der Waals surface area contributed by atoms with Gasteiger partial charge in [0.05, 0.1) is 10.6 Å².